The summed E-state index contributed by atoms with van der Waals surface area (Å²) < 4.78 is 38.5. The van der Waals surface area contributed by atoms with Crippen LogP contribution in [0.4, 0.5) is 13.2 Å². The van der Waals surface area contributed by atoms with Gasteiger partial charge in [0.05, 0.1) is 0 Å². The minimum absolute atomic E-state index is 0.0324. The smallest absolute Gasteiger partial charge is 0.368 e. The topological polar surface area (TPSA) is 159 Å². The fourth-order valence-corrected chi connectivity index (χ4v) is 3.83. The van der Waals surface area contributed by atoms with E-state index in [1.165, 1.54) is 20.8 Å². The van der Waals surface area contributed by atoms with Gasteiger partial charge in [-0.15, -0.1) is 0 Å². The van der Waals surface area contributed by atoms with Gasteiger partial charge in [0.15, 0.2) is 0 Å². The predicted molar refractivity (Wildman–Crippen MR) is 125 cm³/mol. The highest BCUT2D eigenvalue weighted by molar-refractivity contribution is 5.95. The standard InChI is InChI=1S/C23H38F3N5O5/c1-21(2,3)11-14(30-19(35)15(22(4,5)6)31-20(36)23(24,25)26)18(34)29-13(16(27)32)10-12-8-7-9-28-17(12)33/h12-15H,7-11H2,1-6H3,(H2,27,32)(H,28,33)(H,29,34)(H,30,35)(H,31,36)/t12-,13-,14-,15+/m0/s1. The van der Waals surface area contributed by atoms with Crippen LogP contribution in [0.2, 0.25) is 0 Å². The van der Waals surface area contributed by atoms with Crippen LogP contribution in [0.3, 0.4) is 0 Å². The maximum atomic E-state index is 13.1. The number of alkyl halides is 3. The number of halogens is 3. The van der Waals surface area contributed by atoms with Gasteiger partial charge < -0.3 is 27.0 Å². The summed E-state index contributed by atoms with van der Waals surface area (Å²) in [5, 5.41) is 9.29. The Labute approximate surface area is 209 Å². The number of primary amides is 1. The van der Waals surface area contributed by atoms with E-state index in [0.29, 0.717) is 19.4 Å². The van der Waals surface area contributed by atoms with Crippen molar-refractivity contribution in [2.24, 2.45) is 22.5 Å². The quantitative estimate of drug-likeness (QED) is 0.304. The average Bonchev–Trinajstić information content (AvgIpc) is 2.69. The molecule has 1 aliphatic heterocycles. The second kappa shape index (κ2) is 11.9. The molecule has 1 heterocycles. The van der Waals surface area contributed by atoms with Gasteiger partial charge in [0.25, 0.3) is 0 Å². The number of nitrogens with two attached hydrogens (primary N) is 1. The first kappa shape index (κ1) is 31.2. The molecule has 10 nitrogen and oxygen atoms in total. The van der Waals surface area contributed by atoms with Gasteiger partial charge >= 0.3 is 12.1 Å². The van der Waals surface area contributed by atoms with Crippen LogP contribution in [0.15, 0.2) is 0 Å². The van der Waals surface area contributed by atoms with Gasteiger partial charge in [0.2, 0.25) is 23.6 Å². The van der Waals surface area contributed by atoms with Crippen LogP contribution < -0.4 is 27.0 Å². The lowest BCUT2D eigenvalue weighted by molar-refractivity contribution is -0.175. The van der Waals surface area contributed by atoms with Crippen LogP contribution in [0, 0.1) is 16.7 Å². The van der Waals surface area contributed by atoms with Crippen molar-refractivity contribution in [1.82, 2.24) is 21.3 Å². The fraction of sp³-hybridized carbons (Fsp3) is 0.783. The molecule has 0 aromatic rings. The first-order chi connectivity index (χ1) is 16.2. The second-order valence-electron chi connectivity index (χ2n) is 11.4. The van der Waals surface area contributed by atoms with E-state index in [9.17, 15) is 37.1 Å². The van der Waals surface area contributed by atoms with Crippen molar-refractivity contribution in [3.8, 4) is 0 Å². The lowest BCUT2D eigenvalue weighted by Gasteiger charge is -2.33. The van der Waals surface area contributed by atoms with Crippen LogP contribution in [0.25, 0.3) is 0 Å². The molecule has 0 saturated carbocycles. The number of amides is 5. The zero-order chi connectivity index (χ0) is 28.1. The molecule has 6 N–H and O–H groups in total. The van der Waals surface area contributed by atoms with E-state index in [1.807, 2.05) is 0 Å². The first-order valence-corrected chi connectivity index (χ1v) is 11.8. The van der Waals surface area contributed by atoms with Crippen molar-refractivity contribution in [2.75, 3.05) is 6.54 Å². The second-order valence-corrected chi connectivity index (χ2v) is 11.4. The van der Waals surface area contributed by atoms with E-state index in [1.54, 1.807) is 26.1 Å². The minimum Gasteiger partial charge on any atom is -0.368 e. The van der Waals surface area contributed by atoms with Crippen molar-refractivity contribution in [1.29, 1.82) is 0 Å². The summed E-state index contributed by atoms with van der Waals surface area (Å²) in [7, 11) is 0. The Morgan fingerprint density at radius 3 is 1.97 bits per heavy atom. The summed E-state index contributed by atoms with van der Waals surface area (Å²) in [5.41, 5.74) is 3.80. The van der Waals surface area contributed by atoms with Crippen LogP contribution in [-0.2, 0) is 24.0 Å². The lowest BCUT2D eigenvalue weighted by atomic mass is 9.84. The Morgan fingerprint density at radius 1 is 0.972 bits per heavy atom. The summed E-state index contributed by atoms with van der Waals surface area (Å²) in [6.45, 7) is 10.3. The number of hydrogen-bond acceptors (Lipinski definition) is 5. The average molecular weight is 522 g/mol. The van der Waals surface area contributed by atoms with Gasteiger partial charge in [-0.05, 0) is 36.5 Å². The molecule has 1 fully saturated rings. The van der Waals surface area contributed by atoms with E-state index < -0.39 is 64.7 Å². The van der Waals surface area contributed by atoms with E-state index >= 15 is 0 Å². The molecule has 0 aromatic heterocycles. The van der Waals surface area contributed by atoms with E-state index in [0.717, 1.165) is 0 Å². The molecule has 0 bridgehead atoms. The maximum Gasteiger partial charge on any atom is 0.471 e. The molecule has 0 radical (unpaired) electrons. The third-order valence-electron chi connectivity index (χ3n) is 5.69. The summed E-state index contributed by atoms with van der Waals surface area (Å²) in [4.78, 5) is 61.8. The van der Waals surface area contributed by atoms with Crippen LogP contribution in [-0.4, -0.2) is 60.4 Å². The lowest BCUT2D eigenvalue weighted by Crippen LogP contribution is -2.61. The largest absolute Gasteiger partial charge is 0.471 e. The van der Waals surface area contributed by atoms with Crippen molar-refractivity contribution < 1.29 is 37.1 Å². The predicted octanol–water partition coefficient (Wildman–Crippen LogP) is 0.887. The summed E-state index contributed by atoms with van der Waals surface area (Å²) in [6.07, 6.45) is -3.96. The molecule has 4 atom stereocenters. The Morgan fingerprint density at radius 2 is 1.53 bits per heavy atom. The summed E-state index contributed by atoms with van der Waals surface area (Å²) >= 11 is 0. The molecule has 5 amide bonds. The SMILES string of the molecule is CC(C)(C)C[C@H](NC(=O)[C@@H](NC(=O)C(F)(F)F)C(C)(C)C)C(=O)N[C@@H](C[C@@H]1CCCNC1=O)C(N)=O. The summed E-state index contributed by atoms with van der Waals surface area (Å²) in [6, 6.07) is -4.07. The van der Waals surface area contributed by atoms with Crippen molar-refractivity contribution in [2.45, 2.75) is 91.5 Å². The van der Waals surface area contributed by atoms with Crippen molar-refractivity contribution in [3.05, 3.63) is 0 Å². The molecule has 1 saturated heterocycles. The highest BCUT2D eigenvalue weighted by Gasteiger charge is 2.44. The van der Waals surface area contributed by atoms with E-state index in [2.05, 4.69) is 16.0 Å². The third-order valence-corrected chi connectivity index (χ3v) is 5.69. The van der Waals surface area contributed by atoms with Gasteiger partial charge in [0, 0.05) is 12.5 Å². The molecule has 206 valence electrons. The molecular formula is C23H38F3N5O5. The molecular weight excluding hydrogens is 483 g/mol. The number of carbonyl (C=O) groups excluding carboxylic acids is 5. The number of nitrogens with one attached hydrogen (secondary N) is 4. The molecule has 0 aliphatic carbocycles. The highest BCUT2D eigenvalue weighted by atomic mass is 19.4. The van der Waals surface area contributed by atoms with Crippen molar-refractivity contribution in [3.63, 3.8) is 0 Å². The van der Waals surface area contributed by atoms with Gasteiger partial charge in [-0.1, -0.05) is 41.5 Å². The van der Waals surface area contributed by atoms with Crippen LogP contribution in [0.5, 0.6) is 0 Å². The molecule has 0 unspecified atom stereocenters. The van der Waals surface area contributed by atoms with Gasteiger partial charge in [-0.2, -0.15) is 13.2 Å². The zero-order valence-corrected chi connectivity index (χ0v) is 21.6. The first-order valence-electron chi connectivity index (χ1n) is 11.8. The third kappa shape index (κ3) is 10.0. The summed E-state index contributed by atoms with van der Waals surface area (Å²) in [5.74, 6) is -5.72. The molecule has 0 spiro atoms. The number of piperidine rings is 1. The normalized spacial score (nSPS) is 19.4. The molecule has 0 aromatic carbocycles. The Bertz CT molecular complexity index is 849. The van der Waals surface area contributed by atoms with Gasteiger partial charge in [-0.3, -0.25) is 24.0 Å². The maximum absolute atomic E-state index is 13.1. The Kier molecular flexibility index (Phi) is 10.3. The molecule has 1 aliphatic rings. The monoisotopic (exact) mass is 521 g/mol. The fourth-order valence-electron chi connectivity index (χ4n) is 3.83. The van der Waals surface area contributed by atoms with Crippen molar-refractivity contribution >= 4 is 29.5 Å². The molecule has 1 rings (SSSR count). The number of hydrogen-bond donors (Lipinski definition) is 5. The molecule has 36 heavy (non-hydrogen) atoms. The number of rotatable bonds is 9. The Hall–Kier alpha value is -2.86. The number of carbonyl (C=O) groups is 5. The minimum atomic E-state index is -5.20. The zero-order valence-electron chi connectivity index (χ0n) is 21.6. The van der Waals surface area contributed by atoms with Gasteiger partial charge in [0.1, 0.15) is 18.1 Å². The van der Waals surface area contributed by atoms with E-state index in [-0.39, 0.29) is 18.7 Å². The Balaban J connectivity index is 3.11. The van der Waals surface area contributed by atoms with Gasteiger partial charge in [-0.25, -0.2) is 0 Å². The van der Waals surface area contributed by atoms with E-state index in [4.69, 9.17) is 5.73 Å². The van der Waals surface area contributed by atoms with Crippen LogP contribution in [0.1, 0.15) is 67.2 Å². The molecule has 13 heteroatoms. The van der Waals surface area contributed by atoms with Crippen LogP contribution >= 0.6 is 0 Å². The highest BCUT2D eigenvalue weighted by Crippen LogP contribution is 2.25.